The number of hydrogen-bond donors (Lipinski definition) is 0. The number of hydrogen-bond acceptors (Lipinski definition) is 2. The number of rotatable bonds is 8. The highest BCUT2D eigenvalue weighted by molar-refractivity contribution is 5.52. The molecule has 2 aromatic rings. The summed E-state index contributed by atoms with van der Waals surface area (Å²) in [5.74, 6) is 1.91. The van der Waals surface area contributed by atoms with Gasteiger partial charge in [0, 0.05) is 11.9 Å². The maximum Gasteiger partial charge on any atom is 0.119 e. The molecule has 0 N–H and O–H groups in total. The van der Waals surface area contributed by atoms with Gasteiger partial charge < -0.3 is 4.74 Å². The molecule has 0 saturated heterocycles. The molecule has 25 heavy (non-hydrogen) atoms. The Hall–Kier alpha value is -2.35. The van der Waals surface area contributed by atoms with Crippen LogP contribution in [0.2, 0.25) is 0 Å². The number of pyridine rings is 1. The van der Waals surface area contributed by atoms with Crippen molar-refractivity contribution in [2.24, 2.45) is 11.8 Å². The molecule has 1 atom stereocenters. The van der Waals surface area contributed by atoms with Crippen molar-refractivity contribution >= 4 is 12.2 Å². The summed E-state index contributed by atoms with van der Waals surface area (Å²) in [4.78, 5) is 4.58. The highest BCUT2D eigenvalue weighted by Crippen LogP contribution is 2.16. The molecule has 0 fully saturated rings. The second kappa shape index (κ2) is 9.83. The molecule has 0 aliphatic rings. The van der Waals surface area contributed by atoms with Gasteiger partial charge in [-0.25, -0.2) is 0 Å². The van der Waals surface area contributed by atoms with E-state index in [1.807, 2.05) is 25.3 Å². The summed E-state index contributed by atoms with van der Waals surface area (Å²) in [6.45, 7) is 9.27. The Bertz CT molecular complexity index is 698. The van der Waals surface area contributed by atoms with Crippen molar-refractivity contribution in [1.29, 1.82) is 0 Å². The first-order valence-electron chi connectivity index (χ1n) is 9.11. The van der Waals surface area contributed by atoms with Gasteiger partial charge in [-0.2, -0.15) is 0 Å². The lowest BCUT2D eigenvalue weighted by Crippen LogP contribution is -1.98. The zero-order valence-corrected chi connectivity index (χ0v) is 15.8. The summed E-state index contributed by atoms with van der Waals surface area (Å²) in [5.41, 5.74) is 3.45. The molecule has 1 aromatic heterocycles. The Balaban J connectivity index is 1.93. The normalized spacial score (nSPS) is 13.0. The summed E-state index contributed by atoms with van der Waals surface area (Å²) < 4.78 is 5.55. The largest absolute Gasteiger partial charge is 0.494 e. The van der Waals surface area contributed by atoms with Gasteiger partial charge in [0.1, 0.15) is 5.75 Å². The van der Waals surface area contributed by atoms with E-state index in [2.05, 4.69) is 74.3 Å². The molecule has 0 aliphatic heterocycles. The molecule has 2 rings (SSSR count). The Morgan fingerprint density at radius 2 is 1.80 bits per heavy atom. The summed E-state index contributed by atoms with van der Waals surface area (Å²) in [6, 6.07) is 12.5. The third-order valence-electron chi connectivity index (χ3n) is 3.84. The van der Waals surface area contributed by atoms with Crippen LogP contribution in [0.3, 0.4) is 0 Å². The standard InChI is InChI=1S/C23H29NO/c1-5-25-23-8-6-7-20(16-23)12-10-19(4)15-22-14-13-21(17-24-22)11-9-18(2)3/h6-14,16-19H,5,15H2,1-4H3/b11-9+,12-10+. The van der Waals surface area contributed by atoms with Crippen molar-refractivity contribution < 1.29 is 4.74 Å². The monoisotopic (exact) mass is 335 g/mol. The SMILES string of the molecule is CCOc1cccc(/C=C/C(C)Cc2ccc(/C=C/C(C)C)cn2)c1. The van der Waals surface area contributed by atoms with Crippen LogP contribution in [-0.2, 0) is 6.42 Å². The van der Waals surface area contributed by atoms with Crippen molar-refractivity contribution in [3.05, 3.63) is 71.6 Å². The minimum atomic E-state index is 0.431. The van der Waals surface area contributed by atoms with E-state index >= 15 is 0 Å². The van der Waals surface area contributed by atoms with Crippen LogP contribution in [0.4, 0.5) is 0 Å². The third-order valence-corrected chi connectivity index (χ3v) is 3.84. The number of benzene rings is 1. The lowest BCUT2D eigenvalue weighted by atomic mass is 10.0. The summed E-state index contributed by atoms with van der Waals surface area (Å²) in [5, 5.41) is 0. The number of aromatic nitrogens is 1. The second-order valence-electron chi connectivity index (χ2n) is 6.73. The van der Waals surface area contributed by atoms with Crippen molar-refractivity contribution in [2.45, 2.75) is 34.1 Å². The van der Waals surface area contributed by atoms with Gasteiger partial charge in [0.15, 0.2) is 0 Å². The van der Waals surface area contributed by atoms with E-state index in [1.54, 1.807) is 0 Å². The first kappa shape index (κ1) is 19.0. The molecule has 0 spiro atoms. The smallest absolute Gasteiger partial charge is 0.119 e. The summed E-state index contributed by atoms with van der Waals surface area (Å²) >= 11 is 0. The fraction of sp³-hybridized carbons (Fsp3) is 0.348. The average Bonchev–Trinajstić information content (AvgIpc) is 2.60. The molecule has 0 aliphatic carbocycles. The lowest BCUT2D eigenvalue weighted by Gasteiger charge is -2.07. The van der Waals surface area contributed by atoms with E-state index < -0.39 is 0 Å². The summed E-state index contributed by atoms with van der Waals surface area (Å²) in [6.07, 6.45) is 11.6. The molecule has 0 amide bonds. The van der Waals surface area contributed by atoms with Crippen LogP contribution < -0.4 is 4.74 Å². The molecule has 132 valence electrons. The fourth-order valence-electron chi connectivity index (χ4n) is 2.51. The van der Waals surface area contributed by atoms with Gasteiger partial charge in [-0.05, 0) is 54.5 Å². The Morgan fingerprint density at radius 1 is 1.00 bits per heavy atom. The Kier molecular flexibility index (Phi) is 7.46. The van der Waals surface area contributed by atoms with Gasteiger partial charge in [-0.3, -0.25) is 4.98 Å². The molecular formula is C23H29NO. The van der Waals surface area contributed by atoms with Crippen molar-refractivity contribution in [3.8, 4) is 5.75 Å². The molecule has 0 bridgehead atoms. The van der Waals surface area contributed by atoms with E-state index in [1.165, 1.54) is 5.56 Å². The van der Waals surface area contributed by atoms with Crippen LogP contribution in [0.5, 0.6) is 5.75 Å². The first-order chi connectivity index (χ1) is 12.1. The molecule has 2 heteroatoms. The quantitative estimate of drug-likeness (QED) is 0.586. The first-order valence-corrected chi connectivity index (χ1v) is 9.11. The van der Waals surface area contributed by atoms with E-state index in [0.29, 0.717) is 18.4 Å². The second-order valence-corrected chi connectivity index (χ2v) is 6.73. The number of nitrogens with zero attached hydrogens (tertiary/aromatic N) is 1. The van der Waals surface area contributed by atoms with Gasteiger partial charge >= 0.3 is 0 Å². The Morgan fingerprint density at radius 3 is 2.48 bits per heavy atom. The van der Waals surface area contributed by atoms with Crippen LogP contribution in [0.25, 0.3) is 12.2 Å². The van der Waals surface area contributed by atoms with Crippen molar-refractivity contribution in [2.75, 3.05) is 6.61 Å². The van der Waals surface area contributed by atoms with Gasteiger partial charge in [0.05, 0.1) is 6.61 Å². The van der Waals surface area contributed by atoms with Crippen LogP contribution >= 0.6 is 0 Å². The molecular weight excluding hydrogens is 306 g/mol. The van der Waals surface area contributed by atoms with E-state index in [4.69, 9.17) is 4.74 Å². The van der Waals surface area contributed by atoms with Crippen molar-refractivity contribution in [3.63, 3.8) is 0 Å². The summed E-state index contributed by atoms with van der Waals surface area (Å²) in [7, 11) is 0. The Labute approximate surface area is 152 Å². The predicted molar refractivity (Wildman–Crippen MR) is 108 cm³/mol. The maximum atomic E-state index is 5.55. The van der Waals surface area contributed by atoms with Crippen molar-refractivity contribution in [1.82, 2.24) is 4.98 Å². The van der Waals surface area contributed by atoms with Crippen LogP contribution in [0, 0.1) is 11.8 Å². The number of ether oxygens (including phenoxy) is 1. The highest BCUT2D eigenvalue weighted by atomic mass is 16.5. The molecule has 1 heterocycles. The zero-order valence-electron chi connectivity index (χ0n) is 15.8. The maximum absolute atomic E-state index is 5.55. The minimum absolute atomic E-state index is 0.431. The topological polar surface area (TPSA) is 22.1 Å². The van der Waals surface area contributed by atoms with Crippen LogP contribution in [0.15, 0.2) is 54.7 Å². The molecule has 0 radical (unpaired) electrons. The van der Waals surface area contributed by atoms with Gasteiger partial charge in [-0.15, -0.1) is 0 Å². The van der Waals surface area contributed by atoms with Crippen LogP contribution in [0.1, 0.15) is 44.5 Å². The van der Waals surface area contributed by atoms with E-state index in [0.717, 1.165) is 23.4 Å². The molecule has 1 aromatic carbocycles. The number of allylic oxidation sites excluding steroid dienone is 2. The van der Waals surface area contributed by atoms with Gasteiger partial charge in [0.2, 0.25) is 0 Å². The lowest BCUT2D eigenvalue weighted by molar-refractivity contribution is 0.340. The average molecular weight is 335 g/mol. The molecule has 2 nitrogen and oxygen atoms in total. The minimum Gasteiger partial charge on any atom is -0.494 e. The fourth-order valence-corrected chi connectivity index (χ4v) is 2.51. The molecule has 0 saturated carbocycles. The zero-order chi connectivity index (χ0) is 18.1. The van der Waals surface area contributed by atoms with Gasteiger partial charge in [0.25, 0.3) is 0 Å². The van der Waals surface area contributed by atoms with E-state index in [-0.39, 0.29) is 0 Å². The highest BCUT2D eigenvalue weighted by Gasteiger charge is 2.02. The molecule has 1 unspecified atom stereocenters. The van der Waals surface area contributed by atoms with Crippen LogP contribution in [-0.4, -0.2) is 11.6 Å². The van der Waals surface area contributed by atoms with E-state index in [9.17, 15) is 0 Å². The third kappa shape index (κ3) is 6.96. The van der Waals surface area contributed by atoms with Gasteiger partial charge in [-0.1, -0.05) is 63.3 Å². The predicted octanol–water partition coefficient (Wildman–Crippen LogP) is 6.04.